The zero-order valence-corrected chi connectivity index (χ0v) is 13.0. The van der Waals surface area contributed by atoms with Crippen LogP contribution in [0.3, 0.4) is 0 Å². The second-order valence-electron chi connectivity index (χ2n) is 4.27. The van der Waals surface area contributed by atoms with Gasteiger partial charge in [-0.2, -0.15) is 23.5 Å². The molecule has 1 aromatic carbocycles. The molecule has 1 atom stereocenters. The first kappa shape index (κ1) is 15.2. The predicted octanol–water partition coefficient (Wildman–Crippen LogP) is 1.27. The Labute approximate surface area is 123 Å². The molecule has 19 heavy (non-hydrogen) atoms. The largest absolute Gasteiger partial charge is 0.326 e. The second-order valence-corrected chi connectivity index (χ2v) is 8.59. The number of hydrogen-bond acceptors (Lipinski definition) is 5. The number of rotatable bonds is 5. The number of sulfonamides is 1. The molecule has 1 aliphatic rings. The van der Waals surface area contributed by atoms with Crippen LogP contribution < -0.4 is 10.5 Å². The summed E-state index contributed by atoms with van der Waals surface area (Å²) in [4.78, 5) is 0.304. The van der Waals surface area contributed by atoms with Crippen molar-refractivity contribution in [3.8, 4) is 0 Å². The molecule has 0 amide bonds. The molecule has 3 N–H and O–H groups in total. The highest BCUT2D eigenvalue weighted by molar-refractivity contribution is 8.06. The Morgan fingerprint density at radius 3 is 2.58 bits per heavy atom. The molecule has 1 saturated heterocycles. The van der Waals surface area contributed by atoms with Gasteiger partial charge >= 0.3 is 0 Å². The molecule has 2 rings (SSSR count). The number of hydrogen-bond donors (Lipinski definition) is 2. The Morgan fingerprint density at radius 1 is 1.26 bits per heavy atom. The minimum absolute atomic E-state index is 0.304. The Kier molecular flexibility index (Phi) is 5.58. The van der Waals surface area contributed by atoms with Crippen LogP contribution in [0.1, 0.15) is 5.56 Å². The summed E-state index contributed by atoms with van der Waals surface area (Å²) in [5.41, 5.74) is 6.42. The van der Waals surface area contributed by atoms with Crippen molar-refractivity contribution in [2.45, 2.75) is 16.7 Å². The van der Waals surface area contributed by atoms with Gasteiger partial charge in [0.15, 0.2) is 0 Å². The lowest BCUT2D eigenvalue weighted by Gasteiger charge is -2.21. The number of thioether (sulfide) groups is 2. The number of nitrogens with one attached hydrogen (secondary N) is 1. The van der Waals surface area contributed by atoms with Crippen LogP contribution in [0.5, 0.6) is 0 Å². The average Bonchev–Trinajstić information content (AvgIpc) is 2.46. The van der Waals surface area contributed by atoms with Crippen molar-refractivity contribution in [3.63, 3.8) is 0 Å². The van der Waals surface area contributed by atoms with Crippen molar-refractivity contribution < 1.29 is 8.42 Å². The molecular formula is C12H18N2O2S3. The van der Waals surface area contributed by atoms with Crippen LogP contribution in [0, 0.1) is 0 Å². The summed E-state index contributed by atoms with van der Waals surface area (Å²) in [5, 5.41) is 0.372. The smallest absolute Gasteiger partial charge is 0.240 e. The molecule has 0 bridgehead atoms. The van der Waals surface area contributed by atoms with Crippen LogP contribution in [-0.4, -0.2) is 37.5 Å². The molecule has 0 radical (unpaired) electrons. The van der Waals surface area contributed by atoms with Crippen molar-refractivity contribution in [2.75, 3.05) is 23.8 Å². The number of nitrogens with two attached hydrogens (primary N) is 1. The van der Waals surface area contributed by atoms with Crippen LogP contribution in [0.25, 0.3) is 0 Å². The van der Waals surface area contributed by atoms with Crippen LogP contribution in [0.4, 0.5) is 0 Å². The van der Waals surface area contributed by atoms with Crippen molar-refractivity contribution in [3.05, 3.63) is 29.8 Å². The van der Waals surface area contributed by atoms with E-state index < -0.39 is 10.0 Å². The van der Waals surface area contributed by atoms with E-state index in [0.717, 1.165) is 22.8 Å². The van der Waals surface area contributed by atoms with Gasteiger partial charge in [-0.1, -0.05) is 12.1 Å². The first-order chi connectivity index (χ1) is 9.12. The standard InChI is InChI=1S/C12H18N2O2S3/c13-7-10-1-3-12(4-2-10)19(15,16)14-8-11-9-17-5-6-18-11/h1-4,11,14H,5-9,13H2. The van der Waals surface area contributed by atoms with E-state index in [1.807, 2.05) is 23.5 Å². The maximum atomic E-state index is 12.1. The molecule has 4 nitrogen and oxygen atoms in total. The van der Waals surface area contributed by atoms with Crippen LogP contribution in [0.2, 0.25) is 0 Å². The summed E-state index contributed by atoms with van der Waals surface area (Å²) in [6.45, 7) is 0.919. The highest BCUT2D eigenvalue weighted by atomic mass is 32.2. The second kappa shape index (κ2) is 6.99. The maximum absolute atomic E-state index is 12.1. The molecule has 1 heterocycles. The lowest BCUT2D eigenvalue weighted by atomic mass is 10.2. The molecule has 1 aromatic rings. The number of benzene rings is 1. The van der Waals surface area contributed by atoms with Gasteiger partial charge in [0.1, 0.15) is 0 Å². The molecule has 0 spiro atoms. The Morgan fingerprint density at radius 2 is 2.00 bits per heavy atom. The van der Waals surface area contributed by atoms with E-state index in [1.165, 1.54) is 0 Å². The topological polar surface area (TPSA) is 72.2 Å². The molecule has 1 fully saturated rings. The Balaban J connectivity index is 1.96. The van der Waals surface area contributed by atoms with Gasteiger partial charge in [0.2, 0.25) is 10.0 Å². The summed E-state index contributed by atoms with van der Waals surface area (Å²) >= 11 is 3.73. The Bertz CT molecular complexity index is 496. The maximum Gasteiger partial charge on any atom is 0.240 e. The van der Waals surface area contributed by atoms with Gasteiger partial charge in [0, 0.05) is 35.6 Å². The lowest BCUT2D eigenvalue weighted by Crippen LogP contribution is -2.33. The lowest BCUT2D eigenvalue weighted by molar-refractivity contribution is 0.581. The molecule has 7 heteroatoms. The SMILES string of the molecule is NCc1ccc(S(=O)(=O)NCC2CSCCS2)cc1. The quantitative estimate of drug-likeness (QED) is 0.855. The molecule has 106 valence electrons. The fourth-order valence-corrected chi connectivity index (χ4v) is 5.54. The summed E-state index contributed by atoms with van der Waals surface area (Å²) in [7, 11) is -3.40. The first-order valence-corrected chi connectivity index (χ1v) is 9.78. The minimum Gasteiger partial charge on any atom is -0.326 e. The summed E-state index contributed by atoms with van der Waals surface area (Å²) < 4.78 is 26.9. The third-order valence-electron chi connectivity index (χ3n) is 2.86. The normalized spacial score (nSPS) is 20.4. The predicted molar refractivity (Wildman–Crippen MR) is 83.1 cm³/mol. The van der Waals surface area contributed by atoms with E-state index in [9.17, 15) is 8.42 Å². The molecule has 0 saturated carbocycles. The van der Waals surface area contributed by atoms with Gasteiger partial charge < -0.3 is 5.73 Å². The Hall–Kier alpha value is -0.210. The highest BCUT2D eigenvalue weighted by Crippen LogP contribution is 2.23. The van der Waals surface area contributed by atoms with Gasteiger partial charge in [-0.15, -0.1) is 0 Å². The molecule has 1 unspecified atom stereocenters. The summed E-state index contributed by atoms with van der Waals surface area (Å²) in [6, 6.07) is 6.71. The van der Waals surface area contributed by atoms with Gasteiger partial charge in [0.05, 0.1) is 4.90 Å². The summed E-state index contributed by atoms with van der Waals surface area (Å²) in [6.07, 6.45) is 0. The molecule has 0 aliphatic carbocycles. The van der Waals surface area contributed by atoms with Gasteiger partial charge in [-0.05, 0) is 17.7 Å². The summed E-state index contributed by atoms with van der Waals surface area (Å²) in [5.74, 6) is 3.27. The van der Waals surface area contributed by atoms with E-state index in [4.69, 9.17) is 5.73 Å². The van der Waals surface area contributed by atoms with Crippen LogP contribution in [0.15, 0.2) is 29.2 Å². The van der Waals surface area contributed by atoms with Crippen LogP contribution >= 0.6 is 23.5 Å². The highest BCUT2D eigenvalue weighted by Gasteiger charge is 2.19. The van der Waals surface area contributed by atoms with Crippen LogP contribution in [-0.2, 0) is 16.6 Å². The van der Waals surface area contributed by atoms with Gasteiger partial charge in [0.25, 0.3) is 0 Å². The zero-order chi connectivity index (χ0) is 13.7. The molecule has 1 aliphatic heterocycles. The van der Waals surface area contributed by atoms with E-state index in [0.29, 0.717) is 23.2 Å². The molecular weight excluding hydrogens is 300 g/mol. The van der Waals surface area contributed by atoms with Gasteiger partial charge in [-0.3, -0.25) is 0 Å². The average molecular weight is 318 g/mol. The van der Waals surface area contributed by atoms with Crippen molar-refractivity contribution in [2.24, 2.45) is 5.73 Å². The van der Waals surface area contributed by atoms with Crippen molar-refractivity contribution >= 4 is 33.5 Å². The monoisotopic (exact) mass is 318 g/mol. The van der Waals surface area contributed by atoms with E-state index in [2.05, 4.69) is 4.72 Å². The van der Waals surface area contributed by atoms with E-state index in [1.54, 1.807) is 24.3 Å². The molecule has 0 aromatic heterocycles. The van der Waals surface area contributed by atoms with Gasteiger partial charge in [-0.25, -0.2) is 13.1 Å². The van der Waals surface area contributed by atoms with Crippen molar-refractivity contribution in [1.82, 2.24) is 4.72 Å². The third-order valence-corrected chi connectivity index (χ3v) is 7.14. The fourth-order valence-electron chi connectivity index (χ4n) is 1.75. The fraction of sp³-hybridized carbons (Fsp3) is 0.500. The third kappa shape index (κ3) is 4.39. The van der Waals surface area contributed by atoms with E-state index >= 15 is 0 Å². The zero-order valence-electron chi connectivity index (χ0n) is 10.5. The minimum atomic E-state index is -3.40. The van der Waals surface area contributed by atoms with Crippen molar-refractivity contribution in [1.29, 1.82) is 0 Å². The first-order valence-electron chi connectivity index (χ1n) is 6.10. The van der Waals surface area contributed by atoms with E-state index in [-0.39, 0.29) is 0 Å².